The second-order valence-corrected chi connectivity index (χ2v) is 11.3. The van der Waals surface area contributed by atoms with Crippen LogP contribution in [0.1, 0.15) is 78.6 Å². The number of fused-ring (bicyclic) bond motifs is 1. The van der Waals surface area contributed by atoms with Crippen molar-refractivity contribution in [3.63, 3.8) is 0 Å². The molecular formula is C25H34O8. The standard InChI is InChI=1S/C25H34O8/c1-14(26)31-13-18(28)17-4-5-19-22(17,3)8-7-20-24-9-6-16(32-15(2)27)12-23(24,30)10-11-25(19,20)33-21(24)29/h16-17,19-20,30H,4-13H2,1-3H3/t16-,17+,19+,20-,22+,23+,24+,25-/m1/s1. The molecule has 5 rings (SSSR count). The van der Waals surface area contributed by atoms with Gasteiger partial charge in [-0.05, 0) is 56.8 Å². The van der Waals surface area contributed by atoms with E-state index in [9.17, 15) is 24.3 Å². The van der Waals surface area contributed by atoms with Crippen LogP contribution in [0.25, 0.3) is 0 Å². The van der Waals surface area contributed by atoms with Crippen LogP contribution in [-0.4, -0.2) is 52.7 Å². The summed E-state index contributed by atoms with van der Waals surface area (Å²) in [5.74, 6) is -1.50. The molecule has 5 aliphatic rings. The molecule has 1 spiro atoms. The van der Waals surface area contributed by atoms with Crippen molar-refractivity contribution in [3.8, 4) is 0 Å². The Kier molecular flexibility index (Phi) is 5.02. The second-order valence-electron chi connectivity index (χ2n) is 11.3. The number of ketones is 1. The minimum absolute atomic E-state index is 0.0362. The van der Waals surface area contributed by atoms with Crippen molar-refractivity contribution in [3.05, 3.63) is 0 Å². The van der Waals surface area contributed by atoms with E-state index in [1.165, 1.54) is 13.8 Å². The van der Waals surface area contributed by atoms with Crippen LogP contribution in [0.3, 0.4) is 0 Å². The van der Waals surface area contributed by atoms with Crippen molar-refractivity contribution in [1.82, 2.24) is 0 Å². The van der Waals surface area contributed by atoms with E-state index in [1.54, 1.807) is 0 Å². The van der Waals surface area contributed by atoms with E-state index in [1.807, 2.05) is 0 Å². The van der Waals surface area contributed by atoms with Gasteiger partial charge in [-0.3, -0.25) is 19.2 Å². The highest BCUT2D eigenvalue weighted by atomic mass is 16.6. The van der Waals surface area contributed by atoms with Crippen LogP contribution in [0.4, 0.5) is 0 Å². The number of carbonyl (C=O) groups is 4. The summed E-state index contributed by atoms with van der Waals surface area (Å²) < 4.78 is 16.7. The smallest absolute Gasteiger partial charge is 0.316 e. The molecule has 33 heavy (non-hydrogen) atoms. The van der Waals surface area contributed by atoms with Gasteiger partial charge in [0, 0.05) is 38.0 Å². The zero-order chi connectivity index (χ0) is 23.8. The normalized spacial score (nSPS) is 47.6. The van der Waals surface area contributed by atoms with E-state index in [0.717, 1.165) is 12.8 Å². The number of ether oxygens (including phenoxy) is 3. The lowest BCUT2D eigenvalue weighted by Gasteiger charge is -2.61. The zero-order valence-electron chi connectivity index (χ0n) is 19.7. The van der Waals surface area contributed by atoms with Crippen molar-refractivity contribution in [2.24, 2.45) is 28.6 Å². The highest BCUT2D eigenvalue weighted by molar-refractivity contribution is 5.86. The first-order valence-electron chi connectivity index (χ1n) is 12.3. The summed E-state index contributed by atoms with van der Waals surface area (Å²) in [5, 5.41) is 11.8. The van der Waals surface area contributed by atoms with Gasteiger partial charge in [-0.2, -0.15) is 0 Å². The average Bonchev–Trinajstić information content (AvgIpc) is 3.18. The Hall–Kier alpha value is -1.96. The van der Waals surface area contributed by atoms with E-state index in [4.69, 9.17) is 14.2 Å². The fourth-order valence-corrected chi connectivity index (χ4v) is 8.88. The molecule has 182 valence electrons. The van der Waals surface area contributed by atoms with Crippen LogP contribution in [0, 0.1) is 28.6 Å². The molecule has 5 fully saturated rings. The van der Waals surface area contributed by atoms with E-state index in [2.05, 4.69) is 6.92 Å². The van der Waals surface area contributed by atoms with E-state index in [-0.39, 0.29) is 60.0 Å². The topological polar surface area (TPSA) is 116 Å². The molecule has 8 heteroatoms. The second kappa shape index (κ2) is 7.27. The van der Waals surface area contributed by atoms with Gasteiger partial charge in [-0.1, -0.05) is 6.92 Å². The largest absolute Gasteiger partial charge is 0.462 e. The third-order valence-electron chi connectivity index (χ3n) is 10.1. The average molecular weight is 463 g/mol. The Morgan fingerprint density at radius 3 is 2.45 bits per heavy atom. The summed E-state index contributed by atoms with van der Waals surface area (Å²) in [6, 6.07) is 0. The summed E-state index contributed by atoms with van der Waals surface area (Å²) >= 11 is 0. The molecule has 0 aromatic rings. The molecule has 1 N–H and O–H groups in total. The van der Waals surface area contributed by atoms with Gasteiger partial charge >= 0.3 is 17.9 Å². The quantitative estimate of drug-likeness (QED) is 0.500. The third kappa shape index (κ3) is 2.91. The summed E-state index contributed by atoms with van der Waals surface area (Å²) in [7, 11) is 0. The Morgan fingerprint density at radius 1 is 1.00 bits per heavy atom. The molecule has 8 atom stereocenters. The molecule has 0 amide bonds. The molecule has 0 unspecified atom stereocenters. The molecule has 0 radical (unpaired) electrons. The number of hydrogen-bond acceptors (Lipinski definition) is 8. The van der Waals surface area contributed by atoms with Gasteiger partial charge in [0.15, 0.2) is 5.78 Å². The number of hydrogen-bond donors (Lipinski definition) is 1. The number of esters is 3. The number of carbonyl (C=O) groups excluding carboxylic acids is 4. The number of rotatable bonds is 4. The highest BCUT2D eigenvalue weighted by Crippen LogP contribution is 2.74. The maximum Gasteiger partial charge on any atom is 0.316 e. The summed E-state index contributed by atoms with van der Waals surface area (Å²) in [5.41, 5.74) is -3.21. The van der Waals surface area contributed by atoms with Crippen molar-refractivity contribution >= 4 is 23.7 Å². The Balaban J connectivity index is 1.45. The van der Waals surface area contributed by atoms with Crippen molar-refractivity contribution in [2.45, 2.75) is 95.9 Å². The molecule has 4 saturated carbocycles. The van der Waals surface area contributed by atoms with Gasteiger partial charge in [0.05, 0.1) is 5.60 Å². The molecule has 1 heterocycles. The highest BCUT2D eigenvalue weighted by Gasteiger charge is 2.80. The van der Waals surface area contributed by atoms with Crippen LogP contribution in [0.15, 0.2) is 0 Å². The van der Waals surface area contributed by atoms with Crippen LogP contribution >= 0.6 is 0 Å². The first kappa shape index (κ1) is 22.8. The maximum atomic E-state index is 13.6. The summed E-state index contributed by atoms with van der Waals surface area (Å²) in [4.78, 5) is 49.3. The van der Waals surface area contributed by atoms with Crippen LogP contribution in [0.2, 0.25) is 0 Å². The summed E-state index contributed by atoms with van der Waals surface area (Å²) in [6.45, 7) is 4.59. The molecule has 1 saturated heterocycles. The Labute approximate surface area is 193 Å². The molecular weight excluding hydrogens is 428 g/mol. The molecule has 0 aromatic heterocycles. The van der Waals surface area contributed by atoms with Gasteiger partial charge in [-0.25, -0.2) is 0 Å². The van der Waals surface area contributed by atoms with Gasteiger partial charge in [-0.15, -0.1) is 0 Å². The lowest BCUT2D eigenvalue weighted by atomic mass is 9.42. The minimum Gasteiger partial charge on any atom is -0.462 e. The monoisotopic (exact) mass is 462 g/mol. The van der Waals surface area contributed by atoms with E-state index < -0.39 is 22.6 Å². The van der Waals surface area contributed by atoms with Crippen LogP contribution < -0.4 is 0 Å². The molecule has 8 nitrogen and oxygen atoms in total. The predicted molar refractivity (Wildman–Crippen MR) is 114 cm³/mol. The van der Waals surface area contributed by atoms with Gasteiger partial charge in [0.1, 0.15) is 23.7 Å². The molecule has 4 aliphatic carbocycles. The van der Waals surface area contributed by atoms with Crippen LogP contribution in [-0.2, 0) is 33.4 Å². The van der Waals surface area contributed by atoms with Gasteiger partial charge in [0.25, 0.3) is 0 Å². The maximum absolute atomic E-state index is 13.6. The molecule has 1 aliphatic heterocycles. The van der Waals surface area contributed by atoms with Crippen molar-refractivity contribution < 1.29 is 38.5 Å². The number of Topliss-reactive ketones (excluding diaryl/α,β-unsaturated/α-hetero) is 1. The van der Waals surface area contributed by atoms with Gasteiger partial charge < -0.3 is 19.3 Å². The zero-order valence-corrected chi connectivity index (χ0v) is 19.7. The molecule has 0 aromatic carbocycles. The van der Waals surface area contributed by atoms with Gasteiger partial charge in [0.2, 0.25) is 0 Å². The van der Waals surface area contributed by atoms with Crippen molar-refractivity contribution in [1.29, 1.82) is 0 Å². The lowest BCUT2D eigenvalue weighted by Crippen LogP contribution is -2.67. The first-order valence-corrected chi connectivity index (χ1v) is 12.3. The SMILES string of the molecule is CC(=O)OCC(=O)[C@@H]1CC[C@H]2[C@@]1(C)CC[C@H]1[C@@]23CC[C@]2(O)C[C@H](OC(C)=O)CC[C@@]12C(=O)O3. The Morgan fingerprint density at radius 2 is 1.76 bits per heavy atom. The summed E-state index contributed by atoms with van der Waals surface area (Å²) in [6.07, 6.45) is 4.78. The van der Waals surface area contributed by atoms with Crippen LogP contribution in [0.5, 0.6) is 0 Å². The Bertz CT molecular complexity index is 914. The fourth-order valence-electron chi connectivity index (χ4n) is 8.88. The first-order chi connectivity index (χ1) is 15.5. The van der Waals surface area contributed by atoms with E-state index >= 15 is 0 Å². The predicted octanol–water partition coefficient (Wildman–Crippen LogP) is 2.48. The van der Waals surface area contributed by atoms with Crippen molar-refractivity contribution in [2.75, 3.05) is 6.61 Å². The minimum atomic E-state index is -1.25. The molecule has 2 bridgehead atoms. The fraction of sp³-hybridized carbons (Fsp3) is 0.840. The van der Waals surface area contributed by atoms with E-state index in [0.29, 0.717) is 38.5 Å². The number of aliphatic hydroxyl groups is 1. The third-order valence-corrected chi connectivity index (χ3v) is 10.1. The lowest BCUT2D eigenvalue weighted by molar-refractivity contribution is -0.218.